The van der Waals surface area contributed by atoms with Crippen LogP contribution < -0.4 is 10.6 Å². The van der Waals surface area contributed by atoms with E-state index in [1.165, 1.54) is 0 Å². The highest BCUT2D eigenvalue weighted by Crippen LogP contribution is 2.15. The molecule has 2 N–H and O–H groups in total. The van der Waals surface area contributed by atoms with Gasteiger partial charge in [-0.2, -0.15) is 0 Å². The molecule has 0 saturated heterocycles. The topological polar surface area (TPSA) is 54.0 Å². The largest absolute Gasteiger partial charge is 0.359 e. The summed E-state index contributed by atoms with van der Waals surface area (Å²) in [7, 11) is 0. The van der Waals surface area contributed by atoms with Gasteiger partial charge in [0.05, 0.1) is 5.52 Å². The smallest absolute Gasteiger partial charge is 0.242 e. The van der Waals surface area contributed by atoms with Gasteiger partial charge in [-0.05, 0) is 31.5 Å². The Morgan fingerprint density at radius 2 is 2.05 bits per heavy atom. The van der Waals surface area contributed by atoms with E-state index in [1.54, 1.807) is 0 Å². The summed E-state index contributed by atoms with van der Waals surface area (Å²) in [5.41, 5.74) is 0.925. The van der Waals surface area contributed by atoms with E-state index < -0.39 is 0 Å². The van der Waals surface area contributed by atoms with Crippen LogP contribution in [0.5, 0.6) is 0 Å². The monoisotopic (exact) mass is 257 g/mol. The number of aromatic nitrogens is 1. The van der Waals surface area contributed by atoms with E-state index in [-0.39, 0.29) is 11.9 Å². The van der Waals surface area contributed by atoms with Gasteiger partial charge in [-0.3, -0.25) is 4.79 Å². The first-order chi connectivity index (χ1) is 9.20. The summed E-state index contributed by atoms with van der Waals surface area (Å²) in [6.07, 6.45) is 0.937. The Hall–Kier alpha value is -2.10. The third kappa shape index (κ3) is 3.44. The van der Waals surface area contributed by atoms with Crippen molar-refractivity contribution in [3.8, 4) is 0 Å². The second-order valence-corrected chi connectivity index (χ2v) is 4.55. The number of anilines is 1. The molecule has 4 nitrogen and oxygen atoms in total. The maximum atomic E-state index is 11.8. The first kappa shape index (κ1) is 13.3. The fourth-order valence-corrected chi connectivity index (χ4v) is 1.84. The molecule has 2 aromatic rings. The molecule has 2 rings (SSSR count). The Labute approximate surface area is 113 Å². The molecular formula is C15H19N3O. The van der Waals surface area contributed by atoms with Gasteiger partial charge in [0.25, 0.3) is 0 Å². The van der Waals surface area contributed by atoms with Gasteiger partial charge in [0.15, 0.2) is 0 Å². The molecule has 1 aromatic heterocycles. The van der Waals surface area contributed by atoms with E-state index in [9.17, 15) is 4.79 Å². The van der Waals surface area contributed by atoms with Crippen molar-refractivity contribution in [1.82, 2.24) is 10.3 Å². The normalized spacial score (nSPS) is 12.1. The first-order valence-corrected chi connectivity index (χ1v) is 6.60. The number of nitrogens with zero attached hydrogens (tertiary/aromatic N) is 1. The molecule has 0 aliphatic rings. The highest BCUT2D eigenvalue weighted by atomic mass is 16.2. The molecule has 1 atom stereocenters. The van der Waals surface area contributed by atoms with Crippen molar-refractivity contribution in [2.75, 3.05) is 11.9 Å². The molecule has 100 valence electrons. The van der Waals surface area contributed by atoms with Crippen LogP contribution in [0, 0.1) is 0 Å². The molecule has 0 aliphatic carbocycles. The quantitative estimate of drug-likeness (QED) is 0.865. The number of pyridine rings is 1. The van der Waals surface area contributed by atoms with Crippen LogP contribution in [0.15, 0.2) is 36.4 Å². The molecule has 0 bridgehead atoms. The fourth-order valence-electron chi connectivity index (χ4n) is 1.84. The number of hydrogen-bond acceptors (Lipinski definition) is 3. The molecule has 1 heterocycles. The summed E-state index contributed by atoms with van der Waals surface area (Å²) in [6, 6.07) is 11.5. The Morgan fingerprint density at radius 3 is 2.84 bits per heavy atom. The van der Waals surface area contributed by atoms with Gasteiger partial charge in [-0.15, -0.1) is 0 Å². The van der Waals surface area contributed by atoms with Crippen molar-refractivity contribution in [1.29, 1.82) is 0 Å². The molecular weight excluding hydrogens is 238 g/mol. The minimum atomic E-state index is -0.291. The molecule has 4 heteroatoms. The van der Waals surface area contributed by atoms with Crippen molar-refractivity contribution in [3.05, 3.63) is 36.4 Å². The predicted octanol–water partition coefficient (Wildman–Crippen LogP) is 2.56. The molecule has 0 saturated carbocycles. The Morgan fingerprint density at radius 1 is 1.26 bits per heavy atom. The molecule has 19 heavy (non-hydrogen) atoms. The number of carbonyl (C=O) groups excluding carboxylic acids is 1. The highest BCUT2D eigenvalue weighted by molar-refractivity contribution is 5.85. The zero-order chi connectivity index (χ0) is 13.7. The third-order valence-electron chi connectivity index (χ3n) is 2.91. The van der Waals surface area contributed by atoms with Gasteiger partial charge < -0.3 is 10.6 Å². The molecule has 1 aromatic carbocycles. The molecule has 0 aliphatic heterocycles. The lowest BCUT2D eigenvalue weighted by molar-refractivity contribution is -0.121. The van der Waals surface area contributed by atoms with Crippen LogP contribution >= 0.6 is 0 Å². The van der Waals surface area contributed by atoms with Crippen LogP contribution in [-0.2, 0) is 4.79 Å². The summed E-state index contributed by atoms with van der Waals surface area (Å²) >= 11 is 0. The summed E-state index contributed by atoms with van der Waals surface area (Å²) in [5, 5.41) is 7.07. The van der Waals surface area contributed by atoms with Gasteiger partial charge in [-0.1, -0.05) is 25.1 Å². The number of rotatable bonds is 5. The van der Waals surface area contributed by atoms with Crippen LogP contribution in [-0.4, -0.2) is 23.5 Å². The number of fused-ring (bicyclic) bond motifs is 1. The van der Waals surface area contributed by atoms with Crippen LogP contribution in [0.1, 0.15) is 20.3 Å². The van der Waals surface area contributed by atoms with E-state index >= 15 is 0 Å². The lowest BCUT2D eigenvalue weighted by atomic mass is 10.2. The van der Waals surface area contributed by atoms with Gasteiger partial charge >= 0.3 is 0 Å². The average molecular weight is 257 g/mol. The number of para-hydroxylation sites is 1. The van der Waals surface area contributed by atoms with Gasteiger partial charge in [0.1, 0.15) is 11.9 Å². The zero-order valence-electron chi connectivity index (χ0n) is 11.3. The first-order valence-electron chi connectivity index (χ1n) is 6.60. The number of amides is 1. The summed E-state index contributed by atoms with van der Waals surface area (Å²) in [5.74, 6) is 0.717. The highest BCUT2D eigenvalue weighted by Gasteiger charge is 2.12. The van der Waals surface area contributed by atoms with Crippen molar-refractivity contribution in [2.45, 2.75) is 26.3 Å². The third-order valence-corrected chi connectivity index (χ3v) is 2.91. The SMILES string of the molecule is CCCNC(=O)C(C)Nc1ccc2ccccc2n1. The summed E-state index contributed by atoms with van der Waals surface area (Å²) < 4.78 is 0. The second kappa shape index (κ2) is 6.18. The zero-order valence-corrected chi connectivity index (χ0v) is 11.3. The van der Waals surface area contributed by atoms with Crippen molar-refractivity contribution in [3.63, 3.8) is 0 Å². The minimum Gasteiger partial charge on any atom is -0.359 e. The van der Waals surface area contributed by atoms with Gasteiger partial charge in [-0.25, -0.2) is 4.98 Å². The summed E-state index contributed by atoms with van der Waals surface area (Å²) in [6.45, 7) is 4.57. The Kier molecular flexibility index (Phi) is 4.34. The maximum Gasteiger partial charge on any atom is 0.242 e. The Balaban J connectivity index is 2.06. The van der Waals surface area contributed by atoms with Crippen LogP contribution in [0.25, 0.3) is 10.9 Å². The van der Waals surface area contributed by atoms with Gasteiger partial charge in [0, 0.05) is 11.9 Å². The number of hydrogen-bond donors (Lipinski definition) is 2. The van der Waals surface area contributed by atoms with E-state index in [2.05, 4.69) is 15.6 Å². The lowest BCUT2D eigenvalue weighted by Gasteiger charge is -2.14. The fraction of sp³-hybridized carbons (Fsp3) is 0.333. The van der Waals surface area contributed by atoms with Crippen molar-refractivity contribution < 1.29 is 4.79 Å². The van der Waals surface area contributed by atoms with E-state index in [0.717, 1.165) is 23.1 Å². The number of carbonyl (C=O) groups is 1. The minimum absolute atomic E-state index is 0.00295. The van der Waals surface area contributed by atoms with Crippen LogP contribution in [0.3, 0.4) is 0 Å². The summed E-state index contributed by atoms with van der Waals surface area (Å²) in [4.78, 5) is 16.3. The van der Waals surface area contributed by atoms with Crippen molar-refractivity contribution in [2.24, 2.45) is 0 Å². The number of nitrogens with one attached hydrogen (secondary N) is 2. The van der Waals surface area contributed by atoms with E-state index in [0.29, 0.717) is 6.54 Å². The van der Waals surface area contributed by atoms with Crippen LogP contribution in [0.2, 0.25) is 0 Å². The molecule has 1 unspecified atom stereocenters. The lowest BCUT2D eigenvalue weighted by Crippen LogP contribution is -2.38. The second-order valence-electron chi connectivity index (χ2n) is 4.55. The number of benzene rings is 1. The van der Waals surface area contributed by atoms with E-state index in [4.69, 9.17) is 0 Å². The van der Waals surface area contributed by atoms with Gasteiger partial charge in [0.2, 0.25) is 5.91 Å². The molecule has 0 radical (unpaired) electrons. The average Bonchev–Trinajstić information content (AvgIpc) is 2.44. The molecule has 0 fully saturated rings. The Bertz CT molecular complexity index is 568. The maximum absolute atomic E-state index is 11.8. The van der Waals surface area contributed by atoms with E-state index in [1.807, 2.05) is 50.2 Å². The van der Waals surface area contributed by atoms with Crippen molar-refractivity contribution >= 4 is 22.6 Å². The standard InChI is InChI=1S/C15H19N3O/c1-3-10-16-15(19)11(2)17-14-9-8-12-6-4-5-7-13(12)18-14/h4-9,11H,3,10H2,1-2H3,(H,16,19)(H,17,18). The predicted molar refractivity (Wildman–Crippen MR) is 78.1 cm³/mol. The van der Waals surface area contributed by atoms with Crippen LogP contribution in [0.4, 0.5) is 5.82 Å². The molecule has 0 spiro atoms. The molecule has 1 amide bonds.